The van der Waals surface area contributed by atoms with E-state index in [0.717, 1.165) is 32.1 Å². The Bertz CT molecular complexity index is 572. The fraction of sp³-hybridized carbons (Fsp3) is 0.750. The van der Waals surface area contributed by atoms with Gasteiger partial charge in [-0.1, -0.05) is 31.1 Å². The molecule has 0 spiro atoms. The summed E-state index contributed by atoms with van der Waals surface area (Å²) in [7, 11) is 0. The third kappa shape index (κ3) is 1.73. The number of carbonyl (C=O) groups excluding carboxylic acids is 1. The van der Waals surface area contributed by atoms with Crippen molar-refractivity contribution >= 4 is 5.78 Å². The minimum atomic E-state index is -0.127. The molecule has 4 rings (SSSR count). The number of aliphatic hydroxyl groups is 1. The molecule has 2 heteroatoms. The molecule has 2 nitrogen and oxygen atoms in total. The smallest absolute Gasteiger partial charge is 0.155 e. The predicted octanol–water partition coefficient (Wildman–Crippen LogP) is 4.19. The Morgan fingerprint density at radius 2 is 2.09 bits per heavy atom. The van der Waals surface area contributed by atoms with Crippen molar-refractivity contribution < 1.29 is 9.90 Å². The minimum absolute atomic E-state index is 0.0921. The van der Waals surface area contributed by atoms with E-state index in [1.165, 1.54) is 18.4 Å². The van der Waals surface area contributed by atoms with Gasteiger partial charge in [0, 0.05) is 17.3 Å². The highest BCUT2D eigenvalue weighted by Crippen LogP contribution is 2.63. The highest BCUT2D eigenvalue weighted by atomic mass is 16.3. The predicted molar refractivity (Wildman–Crippen MR) is 87.3 cm³/mol. The van der Waals surface area contributed by atoms with Gasteiger partial charge in [0.25, 0.3) is 0 Å². The van der Waals surface area contributed by atoms with Crippen LogP contribution in [-0.2, 0) is 4.79 Å². The normalized spacial score (nSPS) is 47.2. The third-order valence-electron chi connectivity index (χ3n) is 7.64. The maximum Gasteiger partial charge on any atom is 0.155 e. The summed E-state index contributed by atoms with van der Waals surface area (Å²) in [6.45, 7) is 4.60. The molecule has 0 aliphatic heterocycles. The summed E-state index contributed by atoms with van der Waals surface area (Å²) >= 11 is 0. The second-order valence-corrected chi connectivity index (χ2v) is 8.29. The van der Waals surface area contributed by atoms with Gasteiger partial charge in [0.1, 0.15) is 0 Å². The van der Waals surface area contributed by atoms with E-state index in [9.17, 15) is 9.90 Å². The molecular formula is C20H28O2. The van der Waals surface area contributed by atoms with Crippen molar-refractivity contribution in [1.29, 1.82) is 0 Å². The van der Waals surface area contributed by atoms with E-state index >= 15 is 0 Å². The van der Waals surface area contributed by atoms with Crippen LogP contribution in [0.1, 0.15) is 65.2 Å². The van der Waals surface area contributed by atoms with Crippen LogP contribution in [0.15, 0.2) is 23.3 Å². The van der Waals surface area contributed by atoms with Gasteiger partial charge in [0.05, 0.1) is 6.10 Å². The molecule has 0 aromatic carbocycles. The molecule has 2 saturated carbocycles. The molecule has 0 amide bonds. The van der Waals surface area contributed by atoms with Crippen molar-refractivity contribution in [2.75, 3.05) is 0 Å². The molecule has 2 unspecified atom stereocenters. The first-order chi connectivity index (χ1) is 10.5. The summed E-state index contributed by atoms with van der Waals surface area (Å²) in [5.41, 5.74) is 3.31. The maximum absolute atomic E-state index is 11.9. The van der Waals surface area contributed by atoms with Crippen molar-refractivity contribution in [3.05, 3.63) is 23.3 Å². The molecule has 2 fully saturated rings. The van der Waals surface area contributed by atoms with E-state index < -0.39 is 0 Å². The first kappa shape index (κ1) is 14.7. The highest BCUT2D eigenvalue weighted by Gasteiger charge is 2.56. The first-order valence-corrected chi connectivity index (χ1v) is 9.14. The Labute approximate surface area is 133 Å². The summed E-state index contributed by atoms with van der Waals surface area (Å²) in [6, 6.07) is 0. The molecule has 0 saturated heterocycles. The molecule has 4 aliphatic rings. The number of carbonyl (C=O) groups is 1. The van der Waals surface area contributed by atoms with Crippen molar-refractivity contribution in [2.24, 2.45) is 22.7 Å². The third-order valence-corrected chi connectivity index (χ3v) is 7.64. The lowest BCUT2D eigenvalue weighted by Gasteiger charge is -2.54. The van der Waals surface area contributed by atoms with Gasteiger partial charge in [0.2, 0.25) is 0 Å². The molecule has 0 aromatic rings. The van der Waals surface area contributed by atoms with E-state index in [1.54, 1.807) is 5.57 Å². The van der Waals surface area contributed by atoms with Gasteiger partial charge in [-0.05, 0) is 62.9 Å². The second kappa shape index (κ2) is 4.80. The molecule has 22 heavy (non-hydrogen) atoms. The number of hydrogen-bond donors (Lipinski definition) is 1. The molecule has 4 aliphatic carbocycles. The summed E-state index contributed by atoms with van der Waals surface area (Å²) in [5.74, 6) is 1.61. The summed E-state index contributed by atoms with van der Waals surface area (Å²) < 4.78 is 0. The summed E-state index contributed by atoms with van der Waals surface area (Å²) in [4.78, 5) is 11.9. The Morgan fingerprint density at radius 3 is 2.86 bits per heavy atom. The number of ketones is 1. The molecule has 1 N–H and O–H groups in total. The van der Waals surface area contributed by atoms with Gasteiger partial charge in [-0.25, -0.2) is 0 Å². The quantitative estimate of drug-likeness (QED) is 0.737. The lowest BCUT2D eigenvalue weighted by atomic mass is 9.50. The fourth-order valence-electron chi connectivity index (χ4n) is 6.26. The van der Waals surface area contributed by atoms with Crippen LogP contribution < -0.4 is 0 Å². The van der Waals surface area contributed by atoms with Crippen molar-refractivity contribution in [2.45, 2.75) is 71.3 Å². The Morgan fingerprint density at radius 1 is 1.27 bits per heavy atom. The molecule has 0 bridgehead atoms. The number of hydrogen-bond acceptors (Lipinski definition) is 2. The van der Waals surface area contributed by atoms with Crippen LogP contribution in [0.25, 0.3) is 0 Å². The van der Waals surface area contributed by atoms with Crippen molar-refractivity contribution in [1.82, 2.24) is 0 Å². The lowest BCUT2D eigenvalue weighted by Crippen LogP contribution is -2.46. The maximum atomic E-state index is 11.9. The first-order valence-electron chi connectivity index (χ1n) is 9.14. The minimum Gasteiger partial charge on any atom is -0.393 e. The second-order valence-electron chi connectivity index (χ2n) is 8.29. The van der Waals surface area contributed by atoms with E-state index in [0.29, 0.717) is 24.0 Å². The number of fused-ring (bicyclic) bond motifs is 5. The lowest BCUT2D eigenvalue weighted by molar-refractivity contribution is -0.115. The number of allylic oxidation sites excluding steroid dienone is 4. The van der Waals surface area contributed by atoms with Gasteiger partial charge in [0.15, 0.2) is 5.78 Å². The fourth-order valence-corrected chi connectivity index (χ4v) is 6.26. The van der Waals surface area contributed by atoms with Crippen molar-refractivity contribution in [3.63, 3.8) is 0 Å². The average molecular weight is 300 g/mol. The molecule has 0 radical (unpaired) electrons. The van der Waals surface area contributed by atoms with E-state index in [2.05, 4.69) is 19.9 Å². The molecule has 0 aromatic heterocycles. The SMILES string of the molecule is CC[C@]12CCC(=O)C=C1CCC1C2=CC[C@@]2(C)C1CC[C@@H]2O. The van der Waals surface area contributed by atoms with Crippen LogP contribution in [0, 0.1) is 22.7 Å². The van der Waals surface area contributed by atoms with Gasteiger partial charge in [-0.3, -0.25) is 4.79 Å². The van der Waals surface area contributed by atoms with Gasteiger partial charge in [-0.15, -0.1) is 0 Å². The summed E-state index contributed by atoms with van der Waals surface area (Å²) in [5, 5.41) is 10.5. The van der Waals surface area contributed by atoms with Crippen molar-refractivity contribution in [3.8, 4) is 0 Å². The number of aliphatic hydroxyl groups excluding tert-OH is 1. The van der Waals surface area contributed by atoms with E-state index in [-0.39, 0.29) is 16.9 Å². The zero-order chi connectivity index (χ0) is 15.5. The Kier molecular flexibility index (Phi) is 3.21. The van der Waals surface area contributed by atoms with Crippen LogP contribution in [0.3, 0.4) is 0 Å². The zero-order valence-electron chi connectivity index (χ0n) is 13.9. The molecule has 0 heterocycles. The summed E-state index contributed by atoms with van der Waals surface area (Å²) in [6.07, 6.45) is 12.6. The number of rotatable bonds is 1. The topological polar surface area (TPSA) is 37.3 Å². The van der Waals surface area contributed by atoms with Crippen LogP contribution in [0.5, 0.6) is 0 Å². The average Bonchev–Trinajstić information content (AvgIpc) is 2.82. The van der Waals surface area contributed by atoms with Gasteiger partial charge in [-0.2, -0.15) is 0 Å². The van der Waals surface area contributed by atoms with E-state index in [1.807, 2.05) is 6.08 Å². The van der Waals surface area contributed by atoms with Gasteiger partial charge < -0.3 is 5.11 Å². The molecular weight excluding hydrogens is 272 g/mol. The van der Waals surface area contributed by atoms with Gasteiger partial charge >= 0.3 is 0 Å². The van der Waals surface area contributed by atoms with Crippen LogP contribution in [0.2, 0.25) is 0 Å². The standard InChI is InChI=1S/C20H28O2/c1-3-20-11-8-14(21)12-13(20)4-5-15-16-6-7-18(22)19(16,2)10-9-17(15)20/h9,12,15-16,18,22H,3-8,10-11H2,1-2H3/t15?,16?,18-,19-,20-/m0/s1. The highest BCUT2D eigenvalue weighted by molar-refractivity contribution is 5.92. The van der Waals surface area contributed by atoms with E-state index in [4.69, 9.17) is 0 Å². The largest absolute Gasteiger partial charge is 0.393 e. The van der Waals surface area contributed by atoms with Crippen LogP contribution in [-0.4, -0.2) is 17.0 Å². The zero-order valence-corrected chi connectivity index (χ0v) is 13.9. The molecule has 5 atom stereocenters. The van der Waals surface area contributed by atoms with Crippen LogP contribution >= 0.6 is 0 Å². The Hall–Kier alpha value is -0.890. The van der Waals surface area contributed by atoms with Crippen LogP contribution in [0.4, 0.5) is 0 Å². The Balaban J connectivity index is 1.79. The molecule has 120 valence electrons. The monoisotopic (exact) mass is 300 g/mol.